The van der Waals surface area contributed by atoms with Crippen LogP contribution in [-0.4, -0.2) is 30.3 Å². The lowest BCUT2D eigenvalue weighted by Crippen LogP contribution is -2.31. The Morgan fingerprint density at radius 1 is 1.20 bits per heavy atom. The Kier molecular flexibility index (Phi) is 7.90. The summed E-state index contributed by atoms with van der Waals surface area (Å²) in [5.41, 5.74) is 0.899. The summed E-state index contributed by atoms with van der Waals surface area (Å²) in [6.07, 6.45) is 7.91. The highest BCUT2D eigenvalue weighted by atomic mass is 35.5. The van der Waals surface area contributed by atoms with Crippen LogP contribution in [0.4, 0.5) is 0 Å². The molecule has 1 aromatic rings. The van der Waals surface area contributed by atoms with Crippen LogP contribution in [0, 0.1) is 0 Å². The Morgan fingerprint density at radius 2 is 1.90 bits per heavy atom. The SMILES string of the molecule is Cl.O=C(/C=C/c1ccccc1Cl)CCN1CCCCC1. The molecular formula is C16H21Cl2NO. The average molecular weight is 314 g/mol. The number of nitrogens with zero attached hydrogens (tertiary/aromatic N) is 1. The zero-order valence-corrected chi connectivity index (χ0v) is 13.1. The fourth-order valence-electron chi connectivity index (χ4n) is 2.33. The number of ketones is 1. The third kappa shape index (κ3) is 5.66. The van der Waals surface area contributed by atoms with Crippen molar-refractivity contribution in [2.24, 2.45) is 0 Å². The van der Waals surface area contributed by atoms with E-state index in [9.17, 15) is 4.79 Å². The van der Waals surface area contributed by atoms with Gasteiger partial charge in [-0.25, -0.2) is 0 Å². The van der Waals surface area contributed by atoms with Crippen LogP contribution in [0.25, 0.3) is 6.08 Å². The highest BCUT2D eigenvalue weighted by molar-refractivity contribution is 6.32. The summed E-state index contributed by atoms with van der Waals surface area (Å²) in [7, 11) is 0. The molecule has 0 spiro atoms. The van der Waals surface area contributed by atoms with Gasteiger partial charge in [0.15, 0.2) is 5.78 Å². The summed E-state index contributed by atoms with van der Waals surface area (Å²) in [5.74, 6) is 0.172. The van der Waals surface area contributed by atoms with Crippen LogP contribution in [0.5, 0.6) is 0 Å². The normalized spacial score (nSPS) is 16.1. The van der Waals surface area contributed by atoms with Gasteiger partial charge in [-0.2, -0.15) is 0 Å². The molecule has 110 valence electrons. The van der Waals surface area contributed by atoms with Crippen molar-refractivity contribution in [3.05, 3.63) is 40.9 Å². The van der Waals surface area contributed by atoms with Gasteiger partial charge in [0.1, 0.15) is 0 Å². The summed E-state index contributed by atoms with van der Waals surface area (Å²) in [6, 6.07) is 7.55. The molecule has 0 atom stereocenters. The lowest BCUT2D eigenvalue weighted by Gasteiger charge is -2.25. The molecule has 2 nitrogen and oxygen atoms in total. The fourth-order valence-corrected chi connectivity index (χ4v) is 2.53. The first-order chi connectivity index (χ1) is 9.25. The van der Waals surface area contributed by atoms with Gasteiger partial charge < -0.3 is 4.90 Å². The molecule has 1 fully saturated rings. The number of piperidine rings is 1. The van der Waals surface area contributed by atoms with Gasteiger partial charge in [0, 0.05) is 18.0 Å². The maximum absolute atomic E-state index is 11.8. The highest BCUT2D eigenvalue weighted by Gasteiger charge is 2.10. The zero-order valence-electron chi connectivity index (χ0n) is 11.6. The molecule has 1 aliphatic rings. The minimum Gasteiger partial charge on any atom is -0.303 e. The number of carbonyl (C=O) groups is 1. The average Bonchev–Trinajstić information content (AvgIpc) is 2.45. The van der Waals surface area contributed by atoms with E-state index in [-0.39, 0.29) is 18.2 Å². The second kappa shape index (κ2) is 9.17. The van der Waals surface area contributed by atoms with Gasteiger partial charge in [0.05, 0.1) is 0 Å². The first-order valence-corrected chi connectivity index (χ1v) is 7.31. The summed E-state index contributed by atoms with van der Waals surface area (Å²) in [6.45, 7) is 3.16. The molecule has 1 saturated heterocycles. The Bertz CT molecular complexity index is 454. The van der Waals surface area contributed by atoms with E-state index in [1.807, 2.05) is 24.3 Å². The van der Waals surface area contributed by atoms with Gasteiger partial charge in [-0.05, 0) is 49.7 Å². The van der Waals surface area contributed by atoms with Crippen LogP contribution >= 0.6 is 24.0 Å². The van der Waals surface area contributed by atoms with E-state index in [1.165, 1.54) is 19.3 Å². The van der Waals surface area contributed by atoms with Crippen LogP contribution in [-0.2, 0) is 4.79 Å². The van der Waals surface area contributed by atoms with Crippen molar-refractivity contribution in [2.45, 2.75) is 25.7 Å². The van der Waals surface area contributed by atoms with Crippen molar-refractivity contribution in [1.82, 2.24) is 4.90 Å². The fraction of sp³-hybridized carbons (Fsp3) is 0.438. The molecule has 20 heavy (non-hydrogen) atoms. The molecule has 0 bridgehead atoms. The first kappa shape index (κ1) is 17.2. The number of rotatable bonds is 5. The van der Waals surface area contributed by atoms with Crippen molar-refractivity contribution in [1.29, 1.82) is 0 Å². The van der Waals surface area contributed by atoms with Gasteiger partial charge in [0.2, 0.25) is 0 Å². The molecule has 0 aromatic heterocycles. The number of hydrogen-bond donors (Lipinski definition) is 0. The van der Waals surface area contributed by atoms with Crippen molar-refractivity contribution in [3.8, 4) is 0 Å². The number of likely N-dealkylation sites (tertiary alicyclic amines) is 1. The molecule has 4 heteroatoms. The summed E-state index contributed by atoms with van der Waals surface area (Å²) < 4.78 is 0. The van der Waals surface area contributed by atoms with Crippen LogP contribution < -0.4 is 0 Å². The third-order valence-corrected chi connectivity index (χ3v) is 3.82. The van der Waals surface area contributed by atoms with E-state index in [0.717, 1.165) is 25.2 Å². The van der Waals surface area contributed by atoms with Gasteiger partial charge in [0.25, 0.3) is 0 Å². The van der Waals surface area contributed by atoms with Crippen molar-refractivity contribution < 1.29 is 4.79 Å². The Morgan fingerprint density at radius 3 is 2.60 bits per heavy atom. The molecule has 2 rings (SSSR count). The molecule has 0 N–H and O–H groups in total. The molecule has 0 radical (unpaired) electrons. The van der Waals surface area contributed by atoms with Crippen molar-refractivity contribution in [3.63, 3.8) is 0 Å². The summed E-state index contributed by atoms with van der Waals surface area (Å²) in [4.78, 5) is 14.2. The minimum absolute atomic E-state index is 0. The second-order valence-corrected chi connectivity index (χ2v) is 5.38. The smallest absolute Gasteiger partial charge is 0.156 e. The van der Waals surface area contributed by atoms with E-state index in [4.69, 9.17) is 11.6 Å². The molecule has 1 aromatic carbocycles. The van der Waals surface area contributed by atoms with E-state index >= 15 is 0 Å². The molecule has 0 aliphatic carbocycles. The van der Waals surface area contributed by atoms with E-state index in [2.05, 4.69) is 4.90 Å². The second-order valence-electron chi connectivity index (χ2n) is 4.97. The van der Waals surface area contributed by atoms with E-state index in [1.54, 1.807) is 12.2 Å². The molecular weight excluding hydrogens is 293 g/mol. The molecule has 1 aliphatic heterocycles. The molecule has 0 unspecified atom stereocenters. The first-order valence-electron chi connectivity index (χ1n) is 6.93. The summed E-state index contributed by atoms with van der Waals surface area (Å²) >= 11 is 6.04. The van der Waals surface area contributed by atoms with Gasteiger partial charge in [-0.15, -0.1) is 12.4 Å². The van der Waals surface area contributed by atoms with E-state index < -0.39 is 0 Å². The van der Waals surface area contributed by atoms with Crippen molar-refractivity contribution in [2.75, 3.05) is 19.6 Å². The Balaban J connectivity index is 0.00000200. The Hall–Kier alpha value is -0.830. The maximum atomic E-state index is 11.8. The standard InChI is InChI=1S/C16H20ClNO.ClH/c17-16-7-3-2-6-14(16)8-9-15(19)10-13-18-11-4-1-5-12-18;/h2-3,6-9H,1,4-5,10-13H2;1H/b9-8+;. The van der Waals surface area contributed by atoms with E-state index in [0.29, 0.717) is 11.4 Å². The molecule has 1 heterocycles. The Labute approximate surface area is 132 Å². The number of benzene rings is 1. The predicted molar refractivity (Wildman–Crippen MR) is 87.6 cm³/mol. The predicted octanol–water partition coefficient (Wildman–Crippen LogP) is 4.22. The van der Waals surface area contributed by atoms with Gasteiger partial charge >= 0.3 is 0 Å². The number of hydrogen-bond acceptors (Lipinski definition) is 2. The lowest BCUT2D eigenvalue weighted by molar-refractivity contribution is -0.114. The zero-order chi connectivity index (χ0) is 13.5. The largest absolute Gasteiger partial charge is 0.303 e. The molecule has 0 amide bonds. The topological polar surface area (TPSA) is 20.3 Å². The number of carbonyl (C=O) groups excluding carboxylic acids is 1. The number of halogens is 2. The highest BCUT2D eigenvalue weighted by Crippen LogP contribution is 2.16. The summed E-state index contributed by atoms with van der Waals surface area (Å²) in [5, 5.41) is 0.683. The monoisotopic (exact) mass is 313 g/mol. The quantitative estimate of drug-likeness (QED) is 0.759. The van der Waals surface area contributed by atoms with Gasteiger partial charge in [-0.1, -0.05) is 36.2 Å². The molecule has 0 saturated carbocycles. The van der Waals surface area contributed by atoms with Crippen molar-refractivity contribution >= 4 is 35.9 Å². The minimum atomic E-state index is 0. The van der Waals surface area contributed by atoms with Crippen LogP contribution in [0.2, 0.25) is 5.02 Å². The lowest BCUT2D eigenvalue weighted by atomic mass is 10.1. The maximum Gasteiger partial charge on any atom is 0.156 e. The van der Waals surface area contributed by atoms with Crippen LogP contribution in [0.15, 0.2) is 30.3 Å². The number of allylic oxidation sites excluding steroid dienone is 1. The third-order valence-electron chi connectivity index (χ3n) is 3.48. The van der Waals surface area contributed by atoms with Crippen LogP contribution in [0.3, 0.4) is 0 Å². The van der Waals surface area contributed by atoms with Crippen LogP contribution in [0.1, 0.15) is 31.2 Å². The van der Waals surface area contributed by atoms with Gasteiger partial charge in [-0.3, -0.25) is 4.79 Å².